The Hall–Kier alpha value is -2.02. The molecule has 3 N–H and O–H groups in total. The van der Waals surface area contributed by atoms with Crippen LogP contribution in [0.3, 0.4) is 0 Å². The third kappa shape index (κ3) is 3.11. The molecule has 106 valence electrons. The number of hydrogen-bond donors (Lipinski definition) is 2. The molecule has 0 aliphatic heterocycles. The summed E-state index contributed by atoms with van der Waals surface area (Å²) in [5.41, 5.74) is 4.97. The van der Waals surface area contributed by atoms with Crippen LogP contribution in [0.5, 0.6) is 0 Å². The van der Waals surface area contributed by atoms with Gasteiger partial charge < -0.3 is 11.1 Å². The lowest BCUT2D eigenvalue weighted by Gasteiger charge is -2.15. The van der Waals surface area contributed by atoms with Gasteiger partial charge in [0.15, 0.2) is 0 Å². The molecule has 0 saturated carbocycles. The average Bonchev–Trinajstić information content (AvgIpc) is 2.34. The molecule has 0 amide bonds. The summed E-state index contributed by atoms with van der Waals surface area (Å²) in [6.45, 7) is 1.66. The van der Waals surface area contributed by atoms with Crippen molar-refractivity contribution in [1.82, 2.24) is 9.97 Å². The molecule has 0 radical (unpaired) electrons. The van der Waals surface area contributed by atoms with Gasteiger partial charge in [-0.25, -0.2) is 4.98 Å². The van der Waals surface area contributed by atoms with Crippen LogP contribution in [0.4, 0.5) is 30.6 Å². The molecule has 0 atom stereocenters. The largest absolute Gasteiger partial charge is 0.418 e. The van der Waals surface area contributed by atoms with Gasteiger partial charge >= 0.3 is 6.18 Å². The summed E-state index contributed by atoms with van der Waals surface area (Å²) in [6.07, 6.45) is -3.10. The summed E-state index contributed by atoms with van der Waals surface area (Å²) in [6, 6.07) is 3.45. The van der Waals surface area contributed by atoms with E-state index in [1.807, 2.05) is 0 Å². The Bertz CT molecular complexity index is 643. The number of aryl methyl sites for hydroxylation is 1. The number of rotatable bonds is 2. The molecule has 0 fully saturated rings. The maximum atomic E-state index is 13.0. The van der Waals surface area contributed by atoms with Gasteiger partial charge in [0.25, 0.3) is 0 Å². The highest BCUT2D eigenvalue weighted by Gasteiger charge is 2.34. The third-order valence-electron chi connectivity index (χ3n) is 2.53. The molecule has 0 aliphatic carbocycles. The molecule has 1 heterocycles. The van der Waals surface area contributed by atoms with E-state index in [9.17, 15) is 13.2 Å². The second-order valence-corrected chi connectivity index (χ2v) is 4.51. The van der Waals surface area contributed by atoms with Gasteiger partial charge in [-0.1, -0.05) is 11.6 Å². The van der Waals surface area contributed by atoms with E-state index in [1.165, 1.54) is 18.3 Å². The average molecular weight is 303 g/mol. The van der Waals surface area contributed by atoms with Crippen LogP contribution >= 0.6 is 11.6 Å². The minimum atomic E-state index is -4.53. The molecule has 1 aromatic heterocycles. The second-order valence-electron chi connectivity index (χ2n) is 4.07. The third-order valence-corrected chi connectivity index (χ3v) is 2.77. The van der Waals surface area contributed by atoms with Crippen molar-refractivity contribution < 1.29 is 13.2 Å². The van der Waals surface area contributed by atoms with Gasteiger partial charge in [-0.2, -0.15) is 18.2 Å². The fourth-order valence-electron chi connectivity index (χ4n) is 1.57. The number of anilines is 3. The van der Waals surface area contributed by atoms with Crippen molar-refractivity contribution in [2.24, 2.45) is 0 Å². The molecule has 2 rings (SSSR count). The molecule has 0 unspecified atom stereocenters. The number of nitrogens with two attached hydrogens (primary N) is 1. The first kappa shape index (κ1) is 14.4. The predicted molar refractivity (Wildman–Crippen MR) is 70.9 cm³/mol. The summed E-state index contributed by atoms with van der Waals surface area (Å²) in [5.74, 6) is 0.186. The van der Waals surface area contributed by atoms with Gasteiger partial charge in [0.1, 0.15) is 5.82 Å². The number of halogens is 4. The van der Waals surface area contributed by atoms with Gasteiger partial charge in [-0.3, -0.25) is 0 Å². The van der Waals surface area contributed by atoms with Crippen LogP contribution in [0.2, 0.25) is 5.02 Å². The second kappa shape index (κ2) is 5.16. The molecule has 1 aromatic carbocycles. The normalized spacial score (nSPS) is 11.4. The van der Waals surface area contributed by atoms with Gasteiger partial charge in [-0.05, 0) is 25.1 Å². The van der Waals surface area contributed by atoms with E-state index in [2.05, 4.69) is 15.3 Å². The molecule has 0 bridgehead atoms. The molecule has 20 heavy (non-hydrogen) atoms. The highest BCUT2D eigenvalue weighted by molar-refractivity contribution is 6.30. The predicted octanol–water partition coefficient (Wildman–Crippen LogP) is 3.78. The first-order valence-corrected chi connectivity index (χ1v) is 5.88. The summed E-state index contributed by atoms with van der Waals surface area (Å²) in [7, 11) is 0. The lowest BCUT2D eigenvalue weighted by molar-refractivity contribution is -0.136. The monoisotopic (exact) mass is 302 g/mol. The van der Waals surface area contributed by atoms with Gasteiger partial charge in [-0.15, -0.1) is 0 Å². The van der Waals surface area contributed by atoms with Crippen LogP contribution in [0.25, 0.3) is 0 Å². The highest BCUT2D eigenvalue weighted by Crippen LogP contribution is 2.37. The molecule has 8 heteroatoms. The van der Waals surface area contributed by atoms with E-state index in [0.29, 0.717) is 5.56 Å². The van der Waals surface area contributed by atoms with Crippen LogP contribution in [-0.4, -0.2) is 9.97 Å². The zero-order chi connectivity index (χ0) is 14.9. The SMILES string of the molecule is Cc1cnc(N)nc1Nc1ccc(Cl)cc1C(F)(F)F. The van der Waals surface area contributed by atoms with Gasteiger partial charge in [0.05, 0.1) is 11.3 Å². The fraction of sp³-hybridized carbons (Fsp3) is 0.167. The zero-order valence-corrected chi connectivity index (χ0v) is 11.0. The molecular formula is C12H10ClF3N4. The lowest BCUT2D eigenvalue weighted by atomic mass is 10.1. The van der Waals surface area contributed by atoms with Crippen LogP contribution in [-0.2, 0) is 6.18 Å². The summed E-state index contributed by atoms with van der Waals surface area (Å²) < 4.78 is 38.9. The smallest absolute Gasteiger partial charge is 0.368 e. The van der Waals surface area contributed by atoms with Crippen molar-refractivity contribution >= 4 is 29.1 Å². The molecule has 0 saturated heterocycles. The number of benzene rings is 1. The number of nitrogens with zero attached hydrogens (tertiary/aromatic N) is 2. The van der Waals surface area contributed by atoms with E-state index < -0.39 is 11.7 Å². The topological polar surface area (TPSA) is 63.8 Å². The van der Waals surface area contributed by atoms with Crippen LogP contribution in [0, 0.1) is 6.92 Å². The Morgan fingerprint density at radius 2 is 2.00 bits per heavy atom. The Morgan fingerprint density at radius 1 is 1.30 bits per heavy atom. The standard InChI is InChI=1S/C12H10ClF3N4/c1-6-5-18-11(17)20-10(6)19-9-3-2-7(13)4-8(9)12(14,15)16/h2-5H,1H3,(H3,17,18,19,20). The first-order chi connectivity index (χ1) is 9.27. The van der Waals surface area contributed by atoms with E-state index in [1.54, 1.807) is 6.92 Å². The van der Waals surface area contributed by atoms with Crippen molar-refractivity contribution in [3.05, 3.63) is 40.5 Å². The van der Waals surface area contributed by atoms with E-state index in [-0.39, 0.29) is 22.5 Å². The summed E-state index contributed by atoms with van der Waals surface area (Å²) >= 11 is 5.61. The van der Waals surface area contributed by atoms with Crippen molar-refractivity contribution in [3.63, 3.8) is 0 Å². The number of aromatic nitrogens is 2. The van der Waals surface area contributed by atoms with Gasteiger partial charge in [0.2, 0.25) is 5.95 Å². The molecule has 4 nitrogen and oxygen atoms in total. The van der Waals surface area contributed by atoms with E-state index >= 15 is 0 Å². The Kier molecular flexibility index (Phi) is 3.71. The van der Waals surface area contributed by atoms with Crippen LogP contribution in [0.15, 0.2) is 24.4 Å². The maximum Gasteiger partial charge on any atom is 0.418 e. The van der Waals surface area contributed by atoms with Crippen molar-refractivity contribution in [3.8, 4) is 0 Å². The molecule has 2 aromatic rings. The molecule has 0 aliphatic rings. The zero-order valence-electron chi connectivity index (χ0n) is 10.3. The Morgan fingerprint density at radius 3 is 2.65 bits per heavy atom. The Balaban J connectivity index is 2.46. The number of nitrogens with one attached hydrogen (secondary N) is 1. The minimum absolute atomic E-state index is 0.00167. The number of nitrogen functional groups attached to an aromatic ring is 1. The highest BCUT2D eigenvalue weighted by atomic mass is 35.5. The minimum Gasteiger partial charge on any atom is -0.368 e. The summed E-state index contributed by atoms with van der Waals surface area (Å²) in [5, 5.41) is 2.61. The quantitative estimate of drug-likeness (QED) is 0.886. The molecule has 0 spiro atoms. The van der Waals surface area contributed by atoms with Crippen LogP contribution in [0.1, 0.15) is 11.1 Å². The van der Waals surface area contributed by atoms with Crippen molar-refractivity contribution in [2.75, 3.05) is 11.1 Å². The maximum absolute atomic E-state index is 13.0. The van der Waals surface area contributed by atoms with Gasteiger partial charge in [0, 0.05) is 16.8 Å². The number of alkyl halides is 3. The molecular weight excluding hydrogens is 293 g/mol. The van der Waals surface area contributed by atoms with E-state index in [4.69, 9.17) is 17.3 Å². The van der Waals surface area contributed by atoms with Crippen molar-refractivity contribution in [2.45, 2.75) is 13.1 Å². The fourth-order valence-corrected chi connectivity index (χ4v) is 1.74. The van der Waals surface area contributed by atoms with E-state index in [0.717, 1.165) is 6.07 Å². The Labute approximate surface area is 117 Å². The lowest BCUT2D eigenvalue weighted by Crippen LogP contribution is -2.10. The van der Waals surface area contributed by atoms with Crippen LogP contribution < -0.4 is 11.1 Å². The number of hydrogen-bond acceptors (Lipinski definition) is 4. The first-order valence-electron chi connectivity index (χ1n) is 5.50. The summed E-state index contributed by atoms with van der Waals surface area (Å²) in [4.78, 5) is 7.62. The van der Waals surface area contributed by atoms with Crippen molar-refractivity contribution in [1.29, 1.82) is 0 Å².